The van der Waals surface area contributed by atoms with Crippen LogP contribution in [0.15, 0.2) is 30.6 Å². The Hall–Kier alpha value is -2.70. The van der Waals surface area contributed by atoms with Gasteiger partial charge < -0.3 is 10.4 Å². The van der Waals surface area contributed by atoms with E-state index >= 15 is 0 Å². The number of carbonyl (C=O) groups is 2. The molecule has 2 aromatic rings. The first kappa shape index (κ1) is 12.7. The molecule has 0 saturated heterocycles. The molecule has 0 bridgehead atoms. The van der Waals surface area contributed by atoms with Crippen molar-refractivity contribution in [3.63, 3.8) is 0 Å². The molecule has 0 saturated carbocycles. The van der Waals surface area contributed by atoms with E-state index < -0.39 is 5.97 Å². The van der Waals surface area contributed by atoms with Crippen molar-refractivity contribution in [1.82, 2.24) is 14.8 Å². The number of hydrogen-bond acceptors (Lipinski definition) is 4. The maximum absolute atomic E-state index is 11.8. The van der Waals surface area contributed by atoms with Gasteiger partial charge in [0, 0.05) is 13.2 Å². The van der Waals surface area contributed by atoms with Crippen LogP contribution in [0, 0.1) is 0 Å². The summed E-state index contributed by atoms with van der Waals surface area (Å²) in [5.41, 5.74) is 1.23. The van der Waals surface area contributed by atoms with Gasteiger partial charge in [0.2, 0.25) is 0 Å². The molecule has 2 aromatic heterocycles. The van der Waals surface area contributed by atoms with E-state index in [9.17, 15) is 9.59 Å². The second-order valence-corrected chi connectivity index (χ2v) is 3.94. The summed E-state index contributed by atoms with van der Waals surface area (Å²) in [5, 5.41) is 15.2. The third-order valence-corrected chi connectivity index (χ3v) is 2.36. The normalized spacial score (nSPS) is 10.2. The second kappa shape index (κ2) is 5.30. The zero-order chi connectivity index (χ0) is 13.8. The number of pyridine rings is 1. The van der Waals surface area contributed by atoms with E-state index in [0.29, 0.717) is 17.1 Å². The van der Waals surface area contributed by atoms with Gasteiger partial charge in [0.15, 0.2) is 5.69 Å². The van der Waals surface area contributed by atoms with Crippen molar-refractivity contribution in [1.29, 1.82) is 0 Å². The molecule has 2 heterocycles. The molecule has 1 amide bonds. The van der Waals surface area contributed by atoms with Crippen LogP contribution in [0.5, 0.6) is 0 Å². The summed E-state index contributed by atoms with van der Waals surface area (Å²) in [5.74, 6) is -1.29. The molecule has 98 valence electrons. The third-order valence-electron chi connectivity index (χ3n) is 2.36. The highest BCUT2D eigenvalue weighted by Crippen LogP contribution is 2.08. The van der Waals surface area contributed by atoms with Crippen LogP contribution in [0.2, 0.25) is 0 Å². The zero-order valence-electron chi connectivity index (χ0n) is 10.2. The molecular formula is C12H12N4O3. The highest BCUT2D eigenvalue weighted by atomic mass is 16.4. The molecule has 0 fully saturated rings. The van der Waals surface area contributed by atoms with Gasteiger partial charge in [-0.3, -0.25) is 19.3 Å². The molecule has 2 N–H and O–H groups in total. The number of nitrogens with one attached hydrogen (secondary N) is 1. The number of carbonyl (C=O) groups excluding carboxylic acids is 1. The quantitative estimate of drug-likeness (QED) is 0.843. The van der Waals surface area contributed by atoms with E-state index in [4.69, 9.17) is 5.11 Å². The summed E-state index contributed by atoms with van der Waals surface area (Å²) in [6, 6.07) is 4.76. The van der Waals surface area contributed by atoms with E-state index in [2.05, 4.69) is 15.4 Å². The molecular weight excluding hydrogens is 248 g/mol. The van der Waals surface area contributed by atoms with E-state index in [1.54, 1.807) is 31.4 Å². The Bertz CT molecular complexity index is 604. The van der Waals surface area contributed by atoms with Gasteiger partial charge in [-0.2, -0.15) is 5.10 Å². The molecule has 0 radical (unpaired) electrons. The number of carboxylic acids is 1. The average molecular weight is 260 g/mol. The van der Waals surface area contributed by atoms with Gasteiger partial charge in [0.25, 0.3) is 5.91 Å². The number of anilines is 1. The summed E-state index contributed by atoms with van der Waals surface area (Å²) in [4.78, 5) is 26.2. The summed E-state index contributed by atoms with van der Waals surface area (Å²) >= 11 is 0. The molecule has 0 unspecified atom stereocenters. The fourth-order valence-corrected chi connectivity index (χ4v) is 1.49. The van der Waals surface area contributed by atoms with Crippen molar-refractivity contribution in [3.05, 3.63) is 42.0 Å². The minimum atomic E-state index is -0.947. The number of nitrogens with zero attached hydrogens (tertiary/aromatic N) is 3. The van der Waals surface area contributed by atoms with Crippen molar-refractivity contribution in [2.45, 2.75) is 6.42 Å². The van der Waals surface area contributed by atoms with Gasteiger partial charge in [0.1, 0.15) is 0 Å². The Morgan fingerprint density at radius 3 is 2.68 bits per heavy atom. The lowest BCUT2D eigenvalue weighted by atomic mass is 10.2. The molecule has 0 aliphatic heterocycles. The van der Waals surface area contributed by atoms with Crippen LogP contribution in [0.4, 0.5) is 5.69 Å². The Balaban J connectivity index is 2.03. The lowest BCUT2D eigenvalue weighted by Crippen LogP contribution is -2.13. The maximum atomic E-state index is 11.8. The van der Waals surface area contributed by atoms with E-state index in [1.807, 2.05) is 0 Å². The first-order valence-corrected chi connectivity index (χ1v) is 5.52. The molecule has 0 aliphatic carbocycles. The first-order valence-electron chi connectivity index (χ1n) is 5.52. The van der Waals surface area contributed by atoms with Crippen LogP contribution >= 0.6 is 0 Å². The number of aliphatic carboxylic acids is 1. The smallest absolute Gasteiger partial charge is 0.309 e. The minimum absolute atomic E-state index is 0.144. The molecule has 0 spiro atoms. The Labute approximate surface area is 108 Å². The number of rotatable bonds is 4. The van der Waals surface area contributed by atoms with Crippen LogP contribution in [0.3, 0.4) is 0 Å². The third kappa shape index (κ3) is 3.38. The number of aromatic nitrogens is 3. The van der Waals surface area contributed by atoms with Gasteiger partial charge in [-0.1, -0.05) is 0 Å². The summed E-state index contributed by atoms with van der Waals surface area (Å²) < 4.78 is 1.53. The standard InChI is InChI=1S/C12H12N4O3/c1-16-5-4-10(15-16)12(19)14-9-3-2-8(13-7-9)6-11(17)18/h2-5,7H,6H2,1H3,(H,14,19)(H,17,18). The lowest BCUT2D eigenvalue weighted by molar-refractivity contribution is -0.136. The van der Waals surface area contributed by atoms with Crippen LogP contribution in [-0.2, 0) is 18.3 Å². The zero-order valence-corrected chi connectivity index (χ0v) is 10.2. The predicted octanol–water partition coefficient (Wildman–Crippen LogP) is 0.694. The van der Waals surface area contributed by atoms with E-state index in [1.165, 1.54) is 10.9 Å². The molecule has 0 aromatic carbocycles. The molecule has 0 aliphatic rings. The fraction of sp³-hybridized carbons (Fsp3) is 0.167. The molecule has 2 rings (SSSR count). The Morgan fingerprint density at radius 1 is 1.37 bits per heavy atom. The molecule has 0 atom stereocenters. The fourth-order valence-electron chi connectivity index (χ4n) is 1.49. The highest BCUT2D eigenvalue weighted by molar-refractivity contribution is 6.02. The summed E-state index contributed by atoms with van der Waals surface area (Å²) in [6.07, 6.45) is 2.94. The number of aryl methyl sites for hydroxylation is 1. The SMILES string of the molecule is Cn1ccc(C(=O)Nc2ccc(CC(=O)O)nc2)n1. The monoisotopic (exact) mass is 260 g/mol. The molecule has 7 nitrogen and oxygen atoms in total. The number of carboxylic acid groups (broad SMARTS) is 1. The summed E-state index contributed by atoms with van der Waals surface area (Å²) in [7, 11) is 1.72. The van der Waals surface area contributed by atoms with Crippen molar-refractivity contribution in [2.75, 3.05) is 5.32 Å². The Morgan fingerprint density at radius 2 is 2.16 bits per heavy atom. The average Bonchev–Trinajstić information content (AvgIpc) is 2.78. The van der Waals surface area contributed by atoms with Gasteiger partial charge in [-0.25, -0.2) is 0 Å². The van der Waals surface area contributed by atoms with Crippen LogP contribution < -0.4 is 5.32 Å². The van der Waals surface area contributed by atoms with Gasteiger partial charge >= 0.3 is 5.97 Å². The van der Waals surface area contributed by atoms with E-state index in [-0.39, 0.29) is 12.3 Å². The topological polar surface area (TPSA) is 97.1 Å². The van der Waals surface area contributed by atoms with Gasteiger partial charge in [-0.05, 0) is 18.2 Å². The van der Waals surface area contributed by atoms with Crippen LogP contribution in [0.1, 0.15) is 16.2 Å². The predicted molar refractivity (Wildman–Crippen MR) is 66.7 cm³/mol. The number of hydrogen-bond donors (Lipinski definition) is 2. The molecule has 19 heavy (non-hydrogen) atoms. The van der Waals surface area contributed by atoms with Crippen molar-refractivity contribution in [3.8, 4) is 0 Å². The van der Waals surface area contributed by atoms with Crippen molar-refractivity contribution >= 4 is 17.6 Å². The second-order valence-electron chi connectivity index (χ2n) is 3.94. The van der Waals surface area contributed by atoms with Gasteiger partial charge in [0.05, 0.1) is 24.0 Å². The van der Waals surface area contributed by atoms with Gasteiger partial charge in [-0.15, -0.1) is 0 Å². The lowest BCUT2D eigenvalue weighted by Gasteiger charge is -2.03. The minimum Gasteiger partial charge on any atom is -0.481 e. The Kier molecular flexibility index (Phi) is 3.56. The summed E-state index contributed by atoms with van der Waals surface area (Å²) in [6.45, 7) is 0. The van der Waals surface area contributed by atoms with Crippen LogP contribution in [-0.4, -0.2) is 31.7 Å². The van der Waals surface area contributed by atoms with E-state index in [0.717, 1.165) is 0 Å². The highest BCUT2D eigenvalue weighted by Gasteiger charge is 2.09. The van der Waals surface area contributed by atoms with Crippen molar-refractivity contribution < 1.29 is 14.7 Å². The maximum Gasteiger partial charge on any atom is 0.309 e. The van der Waals surface area contributed by atoms with Crippen LogP contribution in [0.25, 0.3) is 0 Å². The first-order chi connectivity index (χ1) is 9.04. The largest absolute Gasteiger partial charge is 0.481 e. The number of amides is 1. The van der Waals surface area contributed by atoms with Crippen molar-refractivity contribution in [2.24, 2.45) is 7.05 Å². The molecule has 7 heteroatoms.